The fourth-order valence-corrected chi connectivity index (χ4v) is 0.885. The Hall–Kier alpha value is -2.41. The van der Waals surface area contributed by atoms with Crippen molar-refractivity contribution >= 4 is 17.9 Å². The summed E-state index contributed by atoms with van der Waals surface area (Å²) in [5.74, 6) is -1.34. The average molecular weight is 342 g/mol. The first-order valence-corrected chi connectivity index (χ1v) is 7.23. The van der Waals surface area contributed by atoms with Crippen LogP contribution in [0.4, 0.5) is 0 Å². The number of hydrogen-bond acceptors (Lipinski definition) is 7. The van der Waals surface area contributed by atoms with Crippen LogP contribution < -0.4 is 0 Å². The van der Waals surface area contributed by atoms with Crippen molar-refractivity contribution in [2.45, 2.75) is 27.7 Å². The highest BCUT2D eigenvalue weighted by atomic mass is 16.6. The van der Waals surface area contributed by atoms with E-state index in [9.17, 15) is 14.4 Å². The molecule has 24 heavy (non-hydrogen) atoms. The normalized spacial score (nSPS) is 9.96. The number of aliphatic hydroxyl groups is 1. The van der Waals surface area contributed by atoms with Gasteiger partial charge in [-0.2, -0.15) is 0 Å². The molecule has 0 rings (SSSR count). The molecule has 136 valence electrons. The molecule has 0 heterocycles. The fourth-order valence-electron chi connectivity index (χ4n) is 0.885. The van der Waals surface area contributed by atoms with Crippen LogP contribution >= 0.6 is 0 Å². The maximum Gasteiger partial charge on any atom is 0.333 e. The number of allylic oxidation sites excluding steroid dienone is 1. The molecule has 0 aromatic heterocycles. The predicted molar refractivity (Wildman–Crippen MR) is 89.0 cm³/mol. The average Bonchev–Trinajstić information content (AvgIpc) is 2.55. The lowest BCUT2D eigenvalue weighted by atomic mass is 10.3. The lowest BCUT2D eigenvalue weighted by Gasteiger charge is -2.05. The molecule has 0 fully saturated rings. The van der Waals surface area contributed by atoms with Crippen molar-refractivity contribution < 1.29 is 33.7 Å². The van der Waals surface area contributed by atoms with E-state index < -0.39 is 11.9 Å². The van der Waals surface area contributed by atoms with E-state index in [4.69, 9.17) is 5.11 Å². The van der Waals surface area contributed by atoms with Crippen LogP contribution in [-0.4, -0.2) is 49.4 Å². The lowest BCUT2D eigenvalue weighted by molar-refractivity contribution is -0.147. The van der Waals surface area contributed by atoms with E-state index >= 15 is 0 Å². The Morgan fingerprint density at radius 2 is 1.21 bits per heavy atom. The van der Waals surface area contributed by atoms with Crippen molar-refractivity contribution in [1.29, 1.82) is 0 Å². The van der Waals surface area contributed by atoms with Crippen LogP contribution in [0.5, 0.6) is 0 Å². The molecule has 0 aromatic carbocycles. The van der Waals surface area contributed by atoms with E-state index in [1.807, 2.05) is 0 Å². The quantitative estimate of drug-likeness (QED) is 0.310. The van der Waals surface area contributed by atoms with Gasteiger partial charge in [0.25, 0.3) is 0 Å². The van der Waals surface area contributed by atoms with Crippen LogP contribution in [0.1, 0.15) is 27.7 Å². The van der Waals surface area contributed by atoms with E-state index in [1.54, 1.807) is 33.8 Å². The molecule has 0 spiro atoms. The summed E-state index contributed by atoms with van der Waals surface area (Å²) in [4.78, 5) is 32.4. The Morgan fingerprint density at radius 1 is 0.833 bits per heavy atom. The minimum Gasteiger partial charge on any atom is -0.460 e. The van der Waals surface area contributed by atoms with Gasteiger partial charge in [0.05, 0.1) is 6.61 Å². The van der Waals surface area contributed by atoms with Gasteiger partial charge in [0, 0.05) is 16.7 Å². The van der Waals surface area contributed by atoms with Crippen LogP contribution in [0.3, 0.4) is 0 Å². The second-order valence-electron chi connectivity index (χ2n) is 4.66. The van der Waals surface area contributed by atoms with Crippen molar-refractivity contribution in [3.05, 3.63) is 36.0 Å². The molecule has 0 aliphatic carbocycles. The first-order chi connectivity index (χ1) is 11.2. The van der Waals surface area contributed by atoms with Gasteiger partial charge in [-0.05, 0) is 27.7 Å². The molecule has 1 N–H and O–H groups in total. The molecule has 0 bridgehead atoms. The van der Waals surface area contributed by atoms with Gasteiger partial charge >= 0.3 is 17.9 Å². The minimum absolute atomic E-state index is 0.0325. The van der Waals surface area contributed by atoms with Crippen molar-refractivity contribution in [3.8, 4) is 0 Å². The summed E-state index contributed by atoms with van der Waals surface area (Å²) in [6.07, 6.45) is 1.67. The summed E-state index contributed by atoms with van der Waals surface area (Å²) in [6.45, 7) is 13.3. The molecule has 0 saturated heterocycles. The Morgan fingerprint density at radius 3 is 1.50 bits per heavy atom. The molecule has 0 unspecified atom stereocenters. The third-order valence-electron chi connectivity index (χ3n) is 2.33. The number of ether oxygens (including phenoxy) is 3. The molecular formula is C17H26O7. The number of carbonyl (C=O) groups excluding carboxylic acids is 3. The van der Waals surface area contributed by atoms with Gasteiger partial charge < -0.3 is 19.3 Å². The first-order valence-electron chi connectivity index (χ1n) is 7.23. The third kappa shape index (κ3) is 13.3. The summed E-state index contributed by atoms with van der Waals surface area (Å²) >= 11 is 0. The molecule has 0 aliphatic heterocycles. The van der Waals surface area contributed by atoms with Crippen LogP contribution in [0.2, 0.25) is 0 Å². The van der Waals surface area contributed by atoms with Crippen LogP contribution in [0.15, 0.2) is 36.0 Å². The molecular weight excluding hydrogens is 316 g/mol. The monoisotopic (exact) mass is 342 g/mol. The second kappa shape index (κ2) is 14.2. The highest BCUT2D eigenvalue weighted by Crippen LogP contribution is 1.95. The fraction of sp³-hybridized carbons (Fsp3) is 0.471. The summed E-state index contributed by atoms with van der Waals surface area (Å²) < 4.78 is 14.0. The summed E-state index contributed by atoms with van der Waals surface area (Å²) in [7, 11) is 0. The molecule has 0 atom stereocenters. The molecule has 0 aliphatic rings. The number of hydrogen-bond donors (Lipinski definition) is 1. The molecule has 7 nitrogen and oxygen atoms in total. The highest BCUT2D eigenvalue weighted by Gasteiger charge is 2.05. The Balaban J connectivity index is 0. The SMILES string of the molecule is C=C(C)C(=O)OCCOC(=O)C(=C)C.CC=C(C)C(=O)OCCO. The first kappa shape index (κ1) is 23.9. The van der Waals surface area contributed by atoms with Gasteiger partial charge in [0.1, 0.15) is 19.8 Å². The van der Waals surface area contributed by atoms with E-state index in [-0.39, 0.29) is 32.4 Å². The number of carbonyl (C=O) groups is 3. The highest BCUT2D eigenvalue weighted by molar-refractivity contribution is 5.88. The molecule has 7 heteroatoms. The summed E-state index contributed by atoms with van der Waals surface area (Å²) in [5.41, 5.74) is 1.20. The lowest BCUT2D eigenvalue weighted by Crippen LogP contribution is -2.14. The van der Waals surface area contributed by atoms with Crippen LogP contribution in [0, 0.1) is 0 Å². The molecule has 0 amide bonds. The maximum atomic E-state index is 10.8. The van der Waals surface area contributed by atoms with Crippen LogP contribution in [0.25, 0.3) is 0 Å². The van der Waals surface area contributed by atoms with Gasteiger partial charge in [0.15, 0.2) is 0 Å². The van der Waals surface area contributed by atoms with Gasteiger partial charge in [0.2, 0.25) is 0 Å². The topological polar surface area (TPSA) is 99.1 Å². The van der Waals surface area contributed by atoms with Gasteiger partial charge in [-0.3, -0.25) is 0 Å². The number of aliphatic hydroxyl groups excluding tert-OH is 1. The number of esters is 3. The smallest absolute Gasteiger partial charge is 0.333 e. The third-order valence-corrected chi connectivity index (χ3v) is 2.33. The zero-order valence-electron chi connectivity index (χ0n) is 14.7. The summed E-state index contributed by atoms with van der Waals surface area (Å²) in [5, 5.41) is 8.27. The van der Waals surface area contributed by atoms with E-state index in [1.165, 1.54) is 0 Å². The van der Waals surface area contributed by atoms with Crippen molar-refractivity contribution in [2.24, 2.45) is 0 Å². The zero-order chi connectivity index (χ0) is 19.1. The van der Waals surface area contributed by atoms with Gasteiger partial charge in [-0.25, -0.2) is 14.4 Å². The predicted octanol–water partition coefficient (Wildman–Crippen LogP) is 1.71. The molecule has 0 aromatic rings. The standard InChI is InChI=1S/C10H14O4.C7H12O3/c1-7(2)9(11)13-5-6-14-10(12)8(3)4;1-3-6(2)7(9)10-5-4-8/h1,3,5-6H2,2,4H3;3,8H,4-5H2,1-2H3. The molecule has 0 radical (unpaired) electrons. The largest absolute Gasteiger partial charge is 0.460 e. The van der Waals surface area contributed by atoms with Gasteiger partial charge in [-0.1, -0.05) is 19.2 Å². The Labute approximate surface area is 142 Å². The zero-order valence-corrected chi connectivity index (χ0v) is 14.7. The van der Waals surface area contributed by atoms with Crippen molar-refractivity contribution in [2.75, 3.05) is 26.4 Å². The van der Waals surface area contributed by atoms with Crippen molar-refractivity contribution in [3.63, 3.8) is 0 Å². The maximum absolute atomic E-state index is 10.8. The van der Waals surface area contributed by atoms with E-state index in [0.29, 0.717) is 16.7 Å². The van der Waals surface area contributed by atoms with Crippen molar-refractivity contribution in [1.82, 2.24) is 0 Å². The van der Waals surface area contributed by atoms with E-state index in [0.717, 1.165) is 0 Å². The summed E-state index contributed by atoms with van der Waals surface area (Å²) in [6, 6.07) is 0. The Bertz CT molecular complexity index is 461. The second-order valence-corrected chi connectivity index (χ2v) is 4.66. The van der Waals surface area contributed by atoms with Gasteiger partial charge in [-0.15, -0.1) is 0 Å². The minimum atomic E-state index is -0.489. The van der Waals surface area contributed by atoms with E-state index in [2.05, 4.69) is 27.4 Å². The number of rotatable bonds is 8. The van der Waals surface area contributed by atoms with Crippen LogP contribution in [-0.2, 0) is 28.6 Å². The Kier molecular flexibility index (Phi) is 14.1. The molecule has 0 saturated carbocycles.